The SMILES string of the molecule is C.CN1C(=O)[C@@](c2cccc(C#CC3CC3)c2)(c2ccc(OC(F)F)c(C3CC3)c2)N=C1N. The van der Waals surface area contributed by atoms with Crippen LogP contribution in [0.2, 0.25) is 0 Å². The third-order valence-corrected chi connectivity index (χ3v) is 6.18. The number of carbonyl (C=O) groups excluding carboxylic acids is 1. The number of aliphatic imine (C=N–C) groups is 1. The highest BCUT2D eigenvalue weighted by Crippen LogP contribution is 2.48. The van der Waals surface area contributed by atoms with Crippen LogP contribution in [0.3, 0.4) is 0 Å². The molecule has 5 rings (SSSR count). The molecule has 1 aliphatic heterocycles. The number of halogens is 2. The maximum absolute atomic E-state index is 13.5. The third-order valence-electron chi connectivity index (χ3n) is 6.18. The summed E-state index contributed by atoms with van der Waals surface area (Å²) < 4.78 is 30.6. The minimum Gasteiger partial charge on any atom is -0.435 e. The molecular weight excluding hydrogens is 424 g/mol. The molecule has 0 radical (unpaired) electrons. The van der Waals surface area contributed by atoms with E-state index in [1.165, 1.54) is 11.0 Å². The van der Waals surface area contributed by atoms with Crippen molar-refractivity contribution in [2.45, 2.75) is 51.2 Å². The number of nitrogens with zero attached hydrogens (tertiary/aromatic N) is 2. The molecule has 172 valence electrons. The van der Waals surface area contributed by atoms with E-state index in [1.807, 2.05) is 24.3 Å². The van der Waals surface area contributed by atoms with E-state index >= 15 is 0 Å². The lowest BCUT2D eigenvalue weighted by molar-refractivity contribution is -0.129. The van der Waals surface area contributed by atoms with E-state index in [4.69, 9.17) is 10.5 Å². The number of hydrogen-bond acceptors (Lipinski definition) is 4. The fraction of sp³-hybridized carbons (Fsp3) is 0.385. The molecule has 3 aliphatic rings. The Morgan fingerprint density at radius 1 is 1.15 bits per heavy atom. The summed E-state index contributed by atoms with van der Waals surface area (Å²) in [6.45, 7) is -2.91. The fourth-order valence-electron chi connectivity index (χ4n) is 4.11. The molecule has 7 heteroatoms. The van der Waals surface area contributed by atoms with Crippen molar-refractivity contribution in [3.63, 3.8) is 0 Å². The standard InChI is InChI=1S/C25H23F2N3O2.CH4/c1-30-22(31)25(29-24(30)28,18-4-2-3-16(13-18)8-7-15-5-6-15)19-11-12-21(32-23(26)27)20(14-19)17-9-10-17;/h2-4,11-15,17,23H,5-6,9-10H2,1H3,(H2,28,29);1H4/t25-;/m1./s1. The van der Waals surface area contributed by atoms with Gasteiger partial charge in [0.25, 0.3) is 5.91 Å². The molecule has 1 atom stereocenters. The Morgan fingerprint density at radius 2 is 1.88 bits per heavy atom. The lowest BCUT2D eigenvalue weighted by Gasteiger charge is -2.27. The summed E-state index contributed by atoms with van der Waals surface area (Å²) in [6.07, 6.45) is 4.03. The quantitative estimate of drug-likeness (QED) is 0.676. The number of carbonyl (C=O) groups is 1. The highest BCUT2D eigenvalue weighted by Gasteiger charge is 2.50. The molecule has 2 N–H and O–H groups in total. The Balaban J connectivity index is 0.00000259. The molecule has 1 amide bonds. The minimum atomic E-state index is -2.91. The van der Waals surface area contributed by atoms with Gasteiger partial charge in [-0.3, -0.25) is 9.69 Å². The van der Waals surface area contributed by atoms with E-state index in [9.17, 15) is 13.6 Å². The molecule has 0 saturated heterocycles. The van der Waals surface area contributed by atoms with Crippen LogP contribution in [0.15, 0.2) is 47.5 Å². The second-order valence-corrected chi connectivity index (χ2v) is 8.57. The van der Waals surface area contributed by atoms with Crippen LogP contribution in [0.25, 0.3) is 0 Å². The topological polar surface area (TPSA) is 67.9 Å². The second kappa shape index (κ2) is 8.51. The molecule has 2 aromatic rings. The van der Waals surface area contributed by atoms with E-state index < -0.39 is 12.2 Å². The number of likely N-dealkylation sites (N-methyl/N-ethyl adjacent to an activating group) is 1. The van der Waals surface area contributed by atoms with Crippen LogP contribution in [-0.4, -0.2) is 30.4 Å². The van der Waals surface area contributed by atoms with Crippen molar-refractivity contribution in [3.05, 3.63) is 64.7 Å². The monoisotopic (exact) mass is 451 g/mol. The number of amides is 1. The first-order valence-corrected chi connectivity index (χ1v) is 10.7. The zero-order valence-corrected chi connectivity index (χ0v) is 17.6. The molecular formula is C26H27F2N3O2. The van der Waals surface area contributed by atoms with Gasteiger partial charge in [0, 0.05) is 18.5 Å². The Hall–Kier alpha value is -3.40. The molecule has 5 nitrogen and oxygen atoms in total. The summed E-state index contributed by atoms with van der Waals surface area (Å²) in [7, 11) is 1.58. The van der Waals surface area contributed by atoms with Crippen LogP contribution >= 0.6 is 0 Å². The summed E-state index contributed by atoms with van der Waals surface area (Å²) in [5.41, 5.74) is 7.35. The van der Waals surface area contributed by atoms with Crippen molar-refractivity contribution in [2.24, 2.45) is 16.6 Å². The number of nitrogens with two attached hydrogens (primary N) is 1. The number of rotatable bonds is 5. The second-order valence-electron chi connectivity index (χ2n) is 8.57. The number of hydrogen-bond donors (Lipinski definition) is 1. The van der Waals surface area contributed by atoms with Crippen LogP contribution in [0.5, 0.6) is 5.75 Å². The maximum Gasteiger partial charge on any atom is 0.387 e. The van der Waals surface area contributed by atoms with E-state index in [-0.39, 0.29) is 31.0 Å². The van der Waals surface area contributed by atoms with Gasteiger partial charge >= 0.3 is 6.61 Å². The first kappa shape index (κ1) is 22.8. The van der Waals surface area contributed by atoms with E-state index in [0.29, 0.717) is 22.6 Å². The largest absolute Gasteiger partial charge is 0.435 e. The van der Waals surface area contributed by atoms with Crippen LogP contribution in [0.4, 0.5) is 8.78 Å². The summed E-state index contributed by atoms with van der Waals surface area (Å²) in [5, 5.41) is 0. The fourth-order valence-corrected chi connectivity index (χ4v) is 4.11. The third kappa shape index (κ3) is 4.18. The van der Waals surface area contributed by atoms with E-state index in [1.54, 1.807) is 19.2 Å². The number of alkyl halides is 2. The van der Waals surface area contributed by atoms with Gasteiger partial charge in [0.15, 0.2) is 11.5 Å². The Kier molecular flexibility index (Phi) is 5.87. The zero-order chi connectivity index (χ0) is 22.5. The van der Waals surface area contributed by atoms with Crippen molar-refractivity contribution >= 4 is 11.9 Å². The summed E-state index contributed by atoms with van der Waals surface area (Å²) in [4.78, 5) is 19.5. The predicted molar refractivity (Wildman–Crippen MR) is 123 cm³/mol. The number of guanidine groups is 1. The van der Waals surface area contributed by atoms with Crippen molar-refractivity contribution in [1.29, 1.82) is 0 Å². The Labute approximate surface area is 192 Å². The van der Waals surface area contributed by atoms with Gasteiger partial charge in [-0.05, 0) is 72.6 Å². The average molecular weight is 452 g/mol. The molecule has 0 bridgehead atoms. The normalized spacial score (nSPS) is 21.9. The van der Waals surface area contributed by atoms with Crippen LogP contribution in [0.1, 0.15) is 61.3 Å². The molecule has 0 aromatic heterocycles. The van der Waals surface area contributed by atoms with Gasteiger partial charge in [-0.15, -0.1) is 0 Å². The lowest BCUT2D eigenvalue weighted by Crippen LogP contribution is -2.41. The van der Waals surface area contributed by atoms with Gasteiger partial charge in [-0.1, -0.05) is 37.5 Å². The van der Waals surface area contributed by atoms with E-state index in [2.05, 4.69) is 16.8 Å². The van der Waals surface area contributed by atoms with Gasteiger partial charge in [0.1, 0.15) is 5.75 Å². The van der Waals surface area contributed by atoms with Crippen molar-refractivity contribution in [1.82, 2.24) is 4.90 Å². The molecule has 2 saturated carbocycles. The summed E-state index contributed by atoms with van der Waals surface area (Å²) in [6, 6.07) is 12.3. The summed E-state index contributed by atoms with van der Waals surface area (Å²) in [5.74, 6) is 6.95. The first-order chi connectivity index (χ1) is 15.4. The minimum absolute atomic E-state index is 0. The Bertz CT molecular complexity index is 1180. The predicted octanol–water partition coefficient (Wildman–Crippen LogP) is 4.59. The lowest BCUT2D eigenvalue weighted by atomic mass is 9.81. The first-order valence-electron chi connectivity index (χ1n) is 10.7. The zero-order valence-electron chi connectivity index (χ0n) is 17.6. The highest BCUT2D eigenvalue weighted by atomic mass is 19.3. The maximum atomic E-state index is 13.5. The highest BCUT2D eigenvalue weighted by molar-refractivity contribution is 6.09. The molecule has 2 aliphatic carbocycles. The van der Waals surface area contributed by atoms with Gasteiger partial charge in [0.2, 0.25) is 0 Å². The van der Waals surface area contributed by atoms with Crippen LogP contribution in [-0.2, 0) is 10.3 Å². The molecule has 33 heavy (non-hydrogen) atoms. The summed E-state index contributed by atoms with van der Waals surface area (Å²) >= 11 is 0. The van der Waals surface area contributed by atoms with E-state index in [0.717, 1.165) is 31.2 Å². The molecule has 0 unspecified atom stereocenters. The van der Waals surface area contributed by atoms with Gasteiger partial charge in [-0.2, -0.15) is 8.78 Å². The van der Waals surface area contributed by atoms with Crippen LogP contribution in [0, 0.1) is 17.8 Å². The van der Waals surface area contributed by atoms with Crippen molar-refractivity contribution in [3.8, 4) is 17.6 Å². The molecule has 0 spiro atoms. The van der Waals surface area contributed by atoms with Gasteiger partial charge in [0.05, 0.1) is 0 Å². The van der Waals surface area contributed by atoms with Gasteiger partial charge < -0.3 is 10.5 Å². The number of benzene rings is 2. The smallest absolute Gasteiger partial charge is 0.387 e. The molecule has 2 aromatic carbocycles. The van der Waals surface area contributed by atoms with Crippen molar-refractivity contribution in [2.75, 3.05) is 7.05 Å². The Morgan fingerprint density at radius 3 is 2.48 bits per heavy atom. The molecule has 1 heterocycles. The van der Waals surface area contributed by atoms with Crippen molar-refractivity contribution < 1.29 is 18.3 Å². The number of ether oxygens (including phenoxy) is 1. The van der Waals surface area contributed by atoms with Crippen LogP contribution < -0.4 is 10.5 Å². The average Bonchev–Trinajstić information content (AvgIpc) is 3.69. The van der Waals surface area contributed by atoms with Gasteiger partial charge in [-0.25, -0.2) is 4.99 Å². The molecule has 2 fully saturated rings.